The number of likely N-dealkylation sites (tertiary alicyclic amines) is 1. The van der Waals surface area contributed by atoms with Gasteiger partial charge in [-0.25, -0.2) is 0 Å². The molecule has 1 aliphatic carbocycles. The summed E-state index contributed by atoms with van der Waals surface area (Å²) < 4.78 is 0. The lowest BCUT2D eigenvalue weighted by molar-refractivity contribution is -0.137. The van der Waals surface area contributed by atoms with Crippen molar-refractivity contribution in [1.82, 2.24) is 20.4 Å². The van der Waals surface area contributed by atoms with Crippen molar-refractivity contribution in [3.63, 3.8) is 0 Å². The van der Waals surface area contributed by atoms with Crippen molar-refractivity contribution in [3.05, 3.63) is 0 Å². The smallest absolute Gasteiger partial charge is 0.234 e. The molecule has 136 valence electrons. The Balaban J connectivity index is 1.36. The highest BCUT2D eigenvalue weighted by molar-refractivity contribution is 5.79. The van der Waals surface area contributed by atoms with Gasteiger partial charge >= 0.3 is 0 Å². The monoisotopic (exact) mass is 336 g/mol. The molecule has 2 heterocycles. The number of piperazine rings is 1. The van der Waals surface area contributed by atoms with Crippen molar-refractivity contribution in [1.29, 1.82) is 0 Å². The van der Waals surface area contributed by atoms with Gasteiger partial charge in [0.15, 0.2) is 0 Å². The molecule has 0 aromatic rings. The van der Waals surface area contributed by atoms with E-state index in [1.165, 1.54) is 19.3 Å². The van der Waals surface area contributed by atoms with Crippen LogP contribution in [0, 0.1) is 5.92 Å². The molecular weight excluding hydrogens is 304 g/mol. The first-order valence-electron chi connectivity index (χ1n) is 9.73. The highest BCUT2D eigenvalue weighted by Gasteiger charge is 2.29. The predicted octanol–water partition coefficient (Wildman–Crippen LogP) is 0.579. The summed E-state index contributed by atoms with van der Waals surface area (Å²) in [6.45, 7) is 5.93. The fraction of sp³-hybridized carbons (Fsp3) is 0.889. The first kappa shape index (κ1) is 17.7. The van der Waals surface area contributed by atoms with E-state index >= 15 is 0 Å². The highest BCUT2D eigenvalue weighted by atomic mass is 16.2. The maximum Gasteiger partial charge on any atom is 0.234 e. The number of carbonyl (C=O) groups excluding carboxylic acids is 2. The Morgan fingerprint density at radius 2 is 1.58 bits per heavy atom. The molecule has 0 aromatic heterocycles. The molecule has 3 rings (SSSR count). The zero-order valence-electron chi connectivity index (χ0n) is 14.8. The third-order valence-electron chi connectivity index (χ3n) is 5.70. The van der Waals surface area contributed by atoms with Gasteiger partial charge in [0.25, 0.3) is 0 Å². The summed E-state index contributed by atoms with van der Waals surface area (Å²) in [6.07, 6.45) is 7.62. The molecule has 6 heteroatoms. The molecule has 2 N–H and O–H groups in total. The molecule has 3 aliphatic rings. The number of carbonyl (C=O) groups is 2. The second-order valence-corrected chi connectivity index (χ2v) is 7.53. The van der Waals surface area contributed by atoms with Crippen LogP contribution in [0.4, 0.5) is 0 Å². The van der Waals surface area contributed by atoms with Gasteiger partial charge in [-0.15, -0.1) is 0 Å². The van der Waals surface area contributed by atoms with E-state index in [0.29, 0.717) is 12.5 Å². The van der Waals surface area contributed by atoms with Crippen molar-refractivity contribution < 1.29 is 9.59 Å². The average Bonchev–Trinajstić information content (AvgIpc) is 2.63. The van der Waals surface area contributed by atoms with E-state index in [-0.39, 0.29) is 17.9 Å². The molecule has 0 aromatic carbocycles. The molecule has 24 heavy (non-hydrogen) atoms. The number of piperidine rings is 1. The Morgan fingerprint density at radius 1 is 0.917 bits per heavy atom. The van der Waals surface area contributed by atoms with E-state index in [0.717, 1.165) is 65.0 Å². The molecule has 2 aliphatic heterocycles. The summed E-state index contributed by atoms with van der Waals surface area (Å²) in [5.41, 5.74) is 0. The second kappa shape index (κ2) is 8.81. The zero-order chi connectivity index (χ0) is 16.8. The normalized spacial score (nSPS) is 24.8. The molecule has 0 spiro atoms. The highest BCUT2D eigenvalue weighted by Crippen LogP contribution is 2.26. The third-order valence-corrected chi connectivity index (χ3v) is 5.70. The van der Waals surface area contributed by atoms with Crippen LogP contribution in [0.15, 0.2) is 0 Å². The lowest BCUT2D eigenvalue weighted by Gasteiger charge is -2.36. The van der Waals surface area contributed by atoms with Crippen LogP contribution in [0.25, 0.3) is 0 Å². The van der Waals surface area contributed by atoms with E-state index in [2.05, 4.69) is 15.5 Å². The number of hydrogen-bond donors (Lipinski definition) is 2. The summed E-state index contributed by atoms with van der Waals surface area (Å²) >= 11 is 0. The summed E-state index contributed by atoms with van der Waals surface area (Å²) in [7, 11) is 0. The number of rotatable bonds is 4. The first-order chi connectivity index (χ1) is 11.7. The summed E-state index contributed by atoms with van der Waals surface area (Å²) in [5, 5.41) is 6.47. The SMILES string of the molecule is O=C(CN1CCNCC1)NC1CCN(C(=O)C2CCCCC2)CC1. The van der Waals surface area contributed by atoms with Crippen LogP contribution in [0.2, 0.25) is 0 Å². The van der Waals surface area contributed by atoms with Gasteiger partial charge in [0, 0.05) is 51.2 Å². The maximum atomic E-state index is 12.6. The second-order valence-electron chi connectivity index (χ2n) is 7.53. The van der Waals surface area contributed by atoms with E-state index in [1.807, 2.05) is 4.90 Å². The molecule has 2 amide bonds. The Hall–Kier alpha value is -1.14. The lowest BCUT2D eigenvalue weighted by atomic mass is 9.87. The van der Waals surface area contributed by atoms with Gasteiger partial charge in [-0.2, -0.15) is 0 Å². The van der Waals surface area contributed by atoms with Crippen LogP contribution < -0.4 is 10.6 Å². The van der Waals surface area contributed by atoms with Crippen LogP contribution in [-0.4, -0.2) is 73.5 Å². The molecule has 0 unspecified atom stereocenters. The molecule has 1 saturated carbocycles. The minimum Gasteiger partial charge on any atom is -0.352 e. The Labute approximate surface area is 145 Å². The molecular formula is C18H32N4O2. The fourth-order valence-corrected chi connectivity index (χ4v) is 4.20. The van der Waals surface area contributed by atoms with Gasteiger partial charge < -0.3 is 15.5 Å². The molecule has 0 radical (unpaired) electrons. The van der Waals surface area contributed by atoms with Crippen LogP contribution >= 0.6 is 0 Å². The van der Waals surface area contributed by atoms with E-state index in [4.69, 9.17) is 0 Å². The fourth-order valence-electron chi connectivity index (χ4n) is 4.20. The molecule has 0 bridgehead atoms. The van der Waals surface area contributed by atoms with Gasteiger partial charge in [-0.3, -0.25) is 14.5 Å². The van der Waals surface area contributed by atoms with E-state index in [9.17, 15) is 9.59 Å². The number of nitrogens with zero attached hydrogens (tertiary/aromatic N) is 2. The Kier molecular flexibility index (Phi) is 6.49. The third kappa shape index (κ3) is 4.93. The van der Waals surface area contributed by atoms with Crippen LogP contribution in [0.3, 0.4) is 0 Å². The van der Waals surface area contributed by atoms with Crippen molar-refractivity contribution in [2.24, 2.45) is 5.92 Å². The average molecular weight is 336 g/mol. The standard InChI is InChI=1S/C18H32N4O2/c23-17(14-21-12-8-19-9-13-21)20-16-6-10-22(11-7-16)18(24)15-4-2-1-3-5-15/h15-16,19H,1-14H2,(H,20,23). The van der Waals surface area contributed by atoms with E-state index in [1.54, 1.807) is 0 Å². The minimum atomic E-state index is 0.133. The minimum absolute atomic E-state index is 0.133. The van der Waals surface area contributed by atoms with Gasteiger partial charge in [0.2, 0.25) is 11.8 Å². The van der Waals surface area contributed by atoms with Gasteiger partial charge in [0.1, 0.15) is 0 Å². The summed E-state index contributed by atoms with van der Waals surface area (Å²) in [4.78, 5) is 29.0. The van der Waals surface area contributed by atoms with Crippen LogP contribution in [-0.2, 0) is 9.59 Å². The lowest BCUT2D eigenvalue weighted by Crippen LogP contribution is -2.51. The van der Waals surface area contributed by atoms with Gasteiger partial charge in [-0.05, 0) is 25.7 Å². The molecule has 3 fully saturated rings. The van der Waals surface area contributed by atoms with Crippen LogP contribution in [0.5, 0.6) is 0 Å². The van der Waals surface area contributed by atoms with Crippen molar-refractivity contribution in [3.8, 4) is 0 Å². The van der Waals surface area contributed by atoms with Crippen molar-refractivity contribution in [2.45, 2.75) is 51.0 Å². The quantitative estimate of drug-likeness (QED) is 0.788. The van der Waals surface area contributed by atoms with Gasteiger partial charge in [-0.1, -0.05) is 19.3 Å². The molecule has 2 saturated heterocycles. The zero-order valence-corrected chi connectivity index (χ0v) is 14.8. The first-order valence-corrected chi connectivity index (χ1v) is 9.73. The molecule has 6 nitrogen and oxygen atoms in total. The Morgan fingerprint density at radius 3 is 2.25 bits per heavy atom. The number of nitrogens with one attached hydrogen (secondary N) is 2. The van der Waals surface area contributed by atoms with E-state index < -0.39 is 0 Å². The number of hydrogen-bond acceptors (Lipinski definition) is 4. The predicted molar refractivity (Wildman–Crippen MR) is 93.6 cm³/mol. The summed E-state index contributed by atoms with van der Waals surface area (Å²) in [5.74, 6) is 0.756. The van der Waals surface area contributed by atoms with Gasteiger partial charge in [0.05, 0.1) is 6.54 Å². The Bertz CT molecular complexity index is 423. The van der Waals surface area contributed by atoms with Crippen molar-refractivity contribution >= 4 is 11.8 Å². The largest absolute Gasteiger partial charge is 0.352 e. The number of amides is 2. The molecule has 0 atom stereocenters. The van der Waals surface area contributed by atoms with Crippen molar-refractivity contribution in [2.75, 3.05) is 45.8 Å². The summed E-state index contributed by atoms with van der Waals surface area (Å²) in [6, 6.07) is 0.232. The topological polar surface area (TPSA) is 64.7 Å². The van der Waals surface area contributed by atoms with Crippen LogP contribution in [0.1, 0.15) is 44.9 Å². The maximum absolute atomic E-state index is 12.6.